The largest absolute Gasteiger partial charge is 0.496 e. The molecule has 2 aromatic rings. The van der Waals surface area contributed by atoms with Crippen molar-refractivity contribution in [1.82, 2.24) is 0 Å². The monoisotopic (exact) mass is 403 g/mol. The normalized spacial score (nSPS) is 10.5. The first-order valence-corrected chi connectivity index (χ1v) is 8.33. The second-order valence-corrected chi connectivity index (χ2v) is 6.11. The Bertz CT molecular complexity index is 802. The van der Waals surface area contributed by atoms with Crippen LogP contribution in [0.15, 0.2) is 53.0 Å². The first kappa shape index (κ1) is 18.7. The number of carbonyl (C=O) groups excluding carboxylic acids is 2. The molecular weight excluding hydrogens is 386 g/mol. The van der Waals surface area contributed by atoms with Crippen molar-refractivity contribution >= 4 is 39.6 Å². The van der Waals surface area contributed by atoms with Crippen LogP contribution in [-0.4, -0.2) is 25.6 Å². The van der Waals surface area contributed by atoms with E-state index in [1.807, 2.05) is 37.3 Å². The molecule has 0 aromatic heterocycles. The first-order chi connectivity index (χ1) is 12.0. The second kappa shape index (κ2) is 9.03. The summed E-state index contributed by atoms with van der Waals surface area (Å²) < 4.78 is 11.0. The van der Waals surface area contributed by atoms with E-state index >= 15 is 0 Å². The number of para-hydroxylation sites is 1. The van der Waals surface area contributed by atoms with Gasteiger partial charge in [-0.2, -0.15) is 0 Å². The minimum atomic E-state index is -0.609. The van der Waals surface area contributed by atoms with Crippen LogP contribution in [0.4, 0.5) is 5.69 Å². The van der Waals surface area contributed by atoms with E-state index in [-0.39, 0.29) is 6.61 Å². The van der Waals surface area contributed by atoms with Crippen molar-refractivity contribution in [3.63, 3.8) is 0 Å². The summed E-state index contributed by atoms with van der Waals surface area (Å²) in [5, 5.41) is 2.70. The highest BCUT2D eigenvalue weighted by Crippen LogP contribution is 2.24. The van der Waals surface area contributed by atoms with Crippen molar-refractivity contribution in [2.24, 2.45) is 0 Å². The van der Waals surface area contributed by atoms with Gasteiger partial charge in [0.05, 0.1) is 7.11 Å². The number of methoxy groups -OCH3 is 1. The number of rotatable bonds is 6. The van der Waals surface area contributed by atoms with E-state index in [1.54, 1.807) is 25.3 Å². The van der Waals surface area contributed by atoms with Gasteiger partial charge in [-0.3, -0.25) is 4.79 Å². The van der Waals surface area contributed by atoms with E-state index in [2.05, 4.69) is 21.2 Å². The number of carbonyl (C=O) groups is 2. The zero-order valence-electron chi connectivity index (χ0n) is 13.9. The van der Waals surface area contributed by atoms with E-state index in [0.717, 1.165) is 15.6 Å². The standard InChI is InChI=1S/C19H18BrNO4/c1-13-5-3-4-6-16(13)21-18(22)12-25-19(23)10-7-14-11-15(20)8-9-17(14)24-2/h3-11H,12H2,1-2H3,(H,21,22)/b10-7+. The number of amides is 1. The van der Waals surface area contributed by atoms with Gasteiger partial charge in [0.15, 0.2) is 6.61 Å². The van der Waals surface area contributed by atoms with Crippen molar-refractivity contribution in [1.29, 1.82) is 0 Å². The highest BCUT2D eigenvalue weighted by atomic mass is 79.9. The zero-order chi connectivity index (χ0) is 18.2. The van der Waals surface area contributed by atoms with Crippen LogP contribution in [0.25, 0.3) is 6.08 Å². The van der Waals surface area contributed by atoms with Crippen molar-refractivity contribution in [3.05, 3.63) is 64.1 Å². The molecule has 6 heteroatoms. The van der Waals surface area contributed by atoms with Gasteiger partial charge in [0.1, 0.15) is 5.75 Å². The maximum atomic E-state index is 11.8. The van der Waals surface area contributed by atoms with Gasteiger partial charge in [-0.1, -0.05) is 34.1 Å². The smallest absolute Gasteiger partial charge is 0.331 e. The lowest BCUT2D eigenvalue weighted by Crippen LogP contribution is -2.20. The Hall–Kier alpha value is -2.60. The predicted molar refractivity (Wildman–Crippen MR) is 100 cm³/mol. The van der Waals surface area contributed by atoms with Crippen LogP contribution >= 0.6 is 15.9 Å². The van der Waals surface area contributed by atoms with E-state index in [4.69, 9.17) is 9.47 Å². The number of hydrogen-bond donors (Lipinski definition) is 1. The minimum Gasteiger partial charge on any atom is -0.496 e. The number of anilines is 1. The molecule has 0 bridgehead atoms. The molecule has 0 heterocycles. The van der Waals surface area contributed by atoms with Crippen LogP contribution in [-0.2, 0) is 14.3 Å². The molecule has 25 heavy (non-hydrogen) atoms. The summed E-state index contributed by atoms with van der Waals surface area (Å²) in [6, 6.07) is 12.8. The van der Waals surface area contributed by atoms with Gasteiger partial charge in [0, 0.05) is 21.8 Å². The first-order valence-electron chi connectivity index (χ1n) is 7.53. The van der Waals surface area contributed by atoms with Crippen LogP contribution in [0.5, 0.6) is 5.75 Å². The lowest BCUT2D eigenvalue weighted by Gasteiger charge is -2.08. The average molecular weight is 404 g/mol. The van der Waals surface area contributed by atoms with Gasteiger partial charge in [-0.15, -0.1) is 0 Å². The Morgan fingerprint density at radius 1 is 1.20 bits per heavy atom. The molecular formula is C19H18BrNO4. The maximum absolute atomic E-state index is 11.8. The topological polar surface area (TPSA) is 64.6 Å². The van der Waals surface area contributed by atoms with Crippen LogP contribution in [0.1, 0.15) is 11.1 Å². The average Bonchev–Trinajstić information content (AvgIpc) is 2.60. The number of esters is 1. The number of aryl methyl sites for hydroxylation is 1. The van der Waals surface area contributed by atoms with Gasteiger partial charge < -0.3 is 14.8 Å². The number of ether oxygens (including phenoxy) is 2. The molecule has 5 nitrogen and oxygen atoms in total. The molecule has 0 saturated carbocycles. The quantitative estimate of drug-likeness (QED) is 0.585. The van der Waals surface area contributed by atoms with Gasteiger partial charge in [0.25, 0.3) is 5.91 Å². The van der Waals surface area contributed by atoms with E-state index in [9.17, 15) is 9.59 Å². The van der Waals surface area contributed by atoms with E-state index in [0.29, 0.717) is 11.4 Å². The van der Waals surface area contributed by atoms with E-state index in [1.165, 1.54) is 6.08 Å². The Balaban J connectivity index is 1.89. The summed E-state index contributed by atoms with van der Waals surface area (Å²) in [6.45, 7) is 1.53. The predicted octanol–water partition coefficient (Wildman–Crippen LogP) is 3.96. The summed E-state index contributed by atoms with van der Waals surface area (Å²) in [5.74, 6) is -0.373. The fraction of sp³-hybridized carbons (Fsp3) is 0.158. The molecule has 0 atom stereocenters. The molecule has 1 amide bonds. The highest BCUT2D eigenvalue weighted by Gasteiger charge is 2.07. The zero-order valence-corrected chi connectivity index (χ0v) is 15.5. The van der Waals surface area contributed by atoms with Crippen molar-refractivity contribution in [3.8, 4) is 5.75 Å². The molecule has 0 aliphatic heterocycles. The molecule has 0 unspecified atom stereocenters. The van der Waals surface area contributed by atoms with Gasteiger partial charge in [-0.05, 0) is 42.8 Å². The lowest BCUT2D eigenvalue weighted by molar-refractivity contribution is -0.142. The van der Waals surface area contributed by atoms with Crippen molar-refractivity contribution in [2.45, 2.75) is 6.92 Å². The van der Waals surface area contributed by atoms with Crippen LogP contribution in [0.3, 0.4) is 0 Å². The van der Waals surface area contributed by atoms with Crippen molar-refractivity contribution in [2.75, 3.05) is 19.0 Å². The maximum Gasteiger partial charge on any atom is 0.331 e. The van der Waals surface area contributed by atoms with Crippen LogP contribution < -0.4 is 10.1 Å². The molecule has 1 N–H and O–H groups in total. The third-order valence-electron chi connectivity index (χ3n) is 3.36. The summed E-state index contributed by atoms with van der Waals surface area (Å²) in [7, 11) is 1.55. The molecule has 2 aromatic carbocycles. The molecule has 0 spiro atoms. The van der Waals surface area contributed by atoms with Crippen LogP contribution in [0, 0.1) is 6.92 Å². The third-order valence-corrected chi connectivity index (χ3v) is 3.85. The molecule has 2 rings (SSSR count). The second-order valence-electron chi connectivity index (χ2n) is 5.19. The molecule has 0 fully saturated rings. The summed E-state index contributed by atoms with van der Waals surface area (Å²) in [4.78, 5) is 23.6. The Morgan fingerprint density at radius 3 is 2.68 bits per heavy atom. The van der Waals surface area contributed by atoms with Crippen molar-refractivity contribution < 1.29 is 19.1 Å². The molecule has 0 aliphatic rings. The van der Waals surface area contributed by atoms with Gasteiger partial charge in [0.2, 0.25) is 0 Å². The molecule has 0 radical (unpaired) electrons. The molecule has 0 saturated heterocycles. The lowest BCUT2D eigenvalue weighted by atomic mass is 10.2. The Labute approximate surface area is 154 Å². The number of nitrogens with one attached hydrogen (secondary N) is 1. The van der Waals surface area contributed by atoms with Gasteiger partial charge >= 0.3 is 5.97 Å². The molecule has 0 aliphatic carbocycles. The summed E-state index contributed by atoms with van der Waals surface area (Å²) >= 11 is 3.36. The number of benzene rings is 2. The third kappa shape index (κ3) is 5.76. The highest BCUT2D eigenvalue weighted by molar-refractivity contribution is 9.10. The summed E-state index contributed by atoms with van der Waals surface area (Å²) in [5.41, 5.74) is 2.35. The summed E-state index contributed by atoms with van der Waals surface area (Å²) in [6.07, 6.45) is 2.83. The number of halogens is 1. The number of hydrogen-bond acceptors (Lipinski definition) is 4. The Kier molecular flexibility index (Phi) is 6.77. The Morgan fingerprint density at radius 2 is 1.96 bits per heavy atom. The SMILES string of the molecule is COc1ccc(Br)cc1/C=C/C(=O)OCC(=O)Nc1ccccc1C. The fourth-order valence-electron chi connectivity index (χ4n) is 2.08. The van der Waals surface area contributed by atoms with E-state index < -0.39 is 11.9 Å². The minimum absolute atomic E-state index is 0.354. The molecule has 130 valence electrons. The fourth-order valence-corrected chi connectivity index (χ4v) is 2.46. The van der Waals surface area contributed by atoms with Crippen LogP contribution in [0.2, 0.25) is 0 Å². The van der Waals surface area contributed by atoms with Gasteiger partial charge in [-0.25, -0.2) is 4.79 Å².